The topological polar surface area (TPSA) is 78.5 Å². The molecule has 2 heterocycles. The summed E-state index contributed by atoms with van der Waals surface area (Å²) in [7, 11) is -2.13. The van der Waals surface area contributed by atoms with Crippen molar-refractivity contribution in [2.24, 2.45) is 0 Å². The number of nitrogens with zero attached hydrogens (tertiary/aromatic N) is 1. The fraction of sp³-hybridized carbons (Fsp3) is 0.417. The SMILES string of the molecule is CNS(=O)(=O)c1ccc2c(c1)NC(=O)[C@@H]1CCCN21. The second-order valence-corrected chi connectivity index (χ2v) is 6.61. The van der Waals surface area contributed by atoms with Crippen molar-refractivity contribution in [2.45, 2.75) is 23.8 Å². The van der Waals surface area contributed by atoms with Crippen molar-refractivity contribution in [3.8, 4) is 0 Å². The zero-order valence-electron chi connectivity index (χ0n) is 10.5. The molecule has 1 atom stereocenters. The summed E-state index contributed by atoms with van der Waals surface area (Å²) in [6, 6.07) is 4.72. The Labute approximate surface area is 111 Å². The van der Waals surface area contributed by atoms with Crippen molar-refractivity contribution in [3.63, 3.8) is 0 Å². The minimum absolute atomic E-state index is 0.0518. The van der Waals surface area contributed by atoms with Crippen LogP contribution in [-0.4, -0.2) is 34.0 Å². The van der Waals surface area contributed by atoms with E-state index in [1.807, 2.05) is 4.90 Å². The van der Waals surface area contributed by atoms with Crippen LogP contribution in [0.2, 0.25) is 0 Å². The average molecular weight is 281 g/mol. The number of hydrogen-bond donors (Lipinski definition) is 2. The van der Waals surface area contributed by atoms with Crippen molar-refractivity contribution in [1.29, 1.82) is 0 Å². The summed E-state index contributed by atoms with van der Waals surface area (Å²) in [5, 5.41) is 2.80. The summed E-state index contributed by atoms with van der Waals surface area (Å²) in [4.78, 5) is 14.2. The first-order chi connectivity index (χ1) is 9.03. The highest BCUT2D eigenvalue weighted by Crippen LogP contribution is 2.37. The molecule has 1 aromatic rings. The molecule has 1 aromatic carbocycles. The number of amides is 1. The first-order valence-corrected chi connectivity index (χ1v) is 7.66. The number of anilines is 2. The molecule has 1 fully saturated rings. The largest absolute Gasteiger partial charge is 0.358 e. The van der Waals surface area contributed by atoms with E-state index in [1.165, 1.54) is 13.1 Å². The van der Waals surface area contributed by atoms with E-state index in [1.54, 1.807) is 12.1 Å². The van der Waals surface area contributed by atoms with E-state index >= 15 is 0 Å². The number of hydrogen-bond acceptors (Lipinski definition) is 4. The zero-order chi connectivity index (χ0) is 13.6. The van der Waals surface area contributed by atoms with Crippen LogP contribution in [0.3, 0.4) is 0 Å². The van der Waals surface area contributed by atoms with Crippen LogP contribution in [0.25, 0.3) is 0 Å². The van der Waals surface area contributed by atoms with E-state index < -0.39 is 10.0 Å². The van der Waals surface area contributed by atoms with Gasteiger partial charge in [0.05, 0.1) is 16.3 Å². The van der Waals surface area contributed by atoms with Crippen LogP contribution in [-0.2, 0) is 14.8 Å². The third-order valence-electron chi connectivity index (χ3n) is 3.67. The van der Waals surface area contributed by atoms with Gasteiger partial charge in [-0.3, -0.25) is 4.79 Å². The van der Waals surface area contributed by atoms with Gasteiger partial charge in [0, 0.05) is 6.54 Å². The van der Waals surface area contributed by atoms with Gasteiger partial charge in [0.15, 0.2) is 0 Å². The summed E-state index contributed by atoms with van der Waals surface area (Å²) < 4.78 is 25.8. The molecule has 0 unspecified atom stereocenters. The Morgan fingerprint density at radius 1 is 1.42 bits per heavy atom. The number of rotatable bonds is 2. The predicted molar refractivity (Wildman–Crippen MR) is 71.7 cm³/mol. The third kappa shape index (κ3) is 1.89. The normalized spacial score (nSPS) is 21.8. The van der Waals surface area contributed by atoms with Crippen molar-refractivity contribution in [2.75, 3.05) is 23.8 Å². The molecule has 102 valence electrons. The number of carbonyl (C=O) groups is 1. The fourth-order valence-corrected chi connectivity index (χ4v) is 3.45. The van der Waals surface area contributed by atoms with Gasteiger partial charge in [0.2, 0.25) is 15.9 Å². The molecule has 7 heteroatoms. The highest BCUT2D eigenvalue weighted by atomic mass is 32.2. The molecular weight excluding hydrogens is 266 g/mol. The number of nitrogens with one attached hydrogen (secondary N) is 2. The van der Waals surface area contributed by atoms with Crippen molar-refractivity contribution >= 4 is 27.3 Å². The quantitative estimate of drug-likeness (QED) is 0.828. The maximum absolute atomic E-state index is 12.0. The van der Waals surface area contributed by atoms with E-state index in [2.05, 4.69) is 10.0 Å². The highest BCUT2D eigenvalue weighted by molar-refractivity contribution is 7.89. The first-order valence-electron chi connectivity index (χ1n) is 6.18. The number of benzene rings is 1. The average Bonchev–Trinajstić information content (AvgIpc) is 2.88. The molecule has 0 bridgehead atoms. The highest BCUT2D eigenvalue weighted by Gasteiger charge is 2.36. The van der Waals surface area contributed by atoms with Crippen molar-refractivity contribution in [1.82, 2.24) is 4.72 Å². The fourth-order valence-electron chi connectivity index (χ4n) is 2.69. The molecule has 19 heavy (non-hydrogen) atoms. The third-order valence-corrected chi connectivity index (χ3v) is 5.08. The number of carbonyl (C=O) groups excluding carboxylic acids is 1. The molecule has 6 nitrogen and oxygen atoms in total. The van der Waals surface area contributed by atoms with E-state index in [9.17, 15) is 13.2 Å². The number of sulfonamides is 1. The smallest absolute Gasteiger partial charge is 0.247 e. The molecule has 0 spiro atoms. The lowest BCUT2D eigenvalue weighted by Gasteiger charge is -2.33. The van der Waals surface area contributed by atoms with Gasteiger partial charge in [-0.15, -0.1) is 0 Å². The lowest BCUT2D eigenvalue weighted by Crippen LogP contribution is -2.43. The maximum Gasteiger partial charge on any atom is 0.247 e. The van der Waals surface area contributed by atoms with Crippen LogP contribution in [0.4, 0.5) is 11.4 Å². The minimum Gasteiger partial charge on any atom is -0.358 e. The Bertz CT molecular complexity index is 642. The molecule has 0 aromatic heterocycles. The summed E-state index contributed by atoms with van der Waals surface area (Å²) in [5.74, 6) is -0.0518. The van der Waals surface area contributed by atoms with Crippen LogP contribution < -0.4 is 14.9 Å². The van der Waals surface area contributed by atoms with Gasteiger partial charge in [-0.25, -0.2) is 13.1 Å². The first kappa shape index (κ1) is 12.4. The molecule has 0 saturated carbocycles. The van der Waals surface area contributed by atoms with Gasteiger partial charge in [-0.1, -0.05) is 0 Å². The van der Waals surface area contributed by atoms with Gasteiger partial charge in [0.1, 0.15) is 6.04 Å². The molecule has 1 saturated heterocycles. The monoisotopic (exact) mass is 281 g/mol. The second kappa shape index (κ2) is 4.21. The Morgan fingerprint density at radius 2 is 2.21 bits per heavy atom. The lowest BCUT2D eigenvalue weighted by molar-refractivity contribution is -0.117. The van der Waals surface area contributed by atoms with Crippen molar-refractivity contribution < 1.29 is 13.2 Å². The van der Waals surface area contributed by atoms with Crippen LogP contribution in [0, 0.1) is 0 Å². The standard InChI is InChI=1S/C12H15N3O3S/c1-13-19(17,18)8-4-5-10-9(7-8)14-12(16)11-3-2-6-15(10)11/h4-5,7,11,13H,2-3,6H2,1H3,(H,14,16)/t11-/m0/s1. The molecule has 2 N–H and O–H groups in total. The summed E-state index contributed by atoms with van der Waals surface area (Å²) in [5.41, 5.74) is 1.47. The minimum atomic E-state index is -3.49. The molecule has 2 aliphatic rings. The predicted octanol–water partition coefficient (Wildman–Crippen LogP) is 0.516. The van der Waals surface area contributed by atoms with E-state index in [0.717, 1.165) is 25.1 Å². The molecule has 0 radical (unpaired) electrons. The van der Waals surface area contributed by atoms with Gasteiger partial charge < -0.3 is 10.2 Å². The van der Waals surface area contributed by atoms with Gasteiger partial charge in [0.25, 0.3) is 0 Å². The second-order valence-electron chi connectivity index (χ2n) is 4.73. The molecule has 3 rings (SSSR count). The summed E-state index contributed by atoms with van der Waals surface area (Å²) >= 11 is 0. The molecule has 2 aliphatic heterocycles. The van der Waals surface area contributed by atoms with E-state index in [-0.39, 0.29) is 16.8 Å². The van der Waals surface area contributed by atoms with Crippen LogP contribution in [0.15, 0.2) is 23.1 Å². The number of fused-ring (bicyclic) bond motifs is 3. The molecule has 0 aliphatic carbocycles. The van der Waals surface area contributed by atoms with Gasteiger partial charge in [-0.2, -0.15) is 0 Å². The molecular formula is C12H15N3O3S. The van der Waals surface area contributed by atoms with Crippen LogP contribution >= 0.6 is 0 Å². The molecule has 1 amide bonds. The Morgan fingerprint density at radius 3 is 2.95 bits per heavy atom. The Hall–Kier alpha value is -1.60. The van der Waals surface area contributed by atoms with Crippen molar-refractivity contribution in [3.05, 3.63) is 18.2 Å². The van der Waals surface area contributed by atoms with Gasteiger partial charge >= 0.3 is 0 Å². The summed E-state index contributed by atoms with van der Waals surface area (Å²) in [6.07, 6.45) is 1.83. The van der Waals surface area contributed by atoms with E-state index in [4.69, 9.17) is 0 Å². The lowest BCUT2D eigenvalue weighted by atomic mass is 10.1. The Balaban J connectivity index is 2.08. The van der Waals surface area contributed by atoms with Crippen LogP contribution in [0.1, 0.15) is 12.8 Å². The summed E-state index contributed by atoms with van der Waals surface area (Å²) in [6.45, 7) is 0.837. The Kier molecular flexibility index (Phi) is 2.75. The van der Waals surface area contributed by atoms with Crippen LogP contribution in [0.5, 0.6) is 0 Å². The van der Waals surface area contributed by atoms with E-state index in [0.29, 0.717) is 5.69 Å². The zero-order valence-corrected chi connectivity index (χ0v) is 11.3. The van der Waals surface area contributed by atoms with Gasteiger partial charge in [-0.05, 0) is 38.1 Å². The maximum atomic E-state index is 12.0.